The second kappa shape index (κ2) is 13.0. The predicted molar refractivity (Wildman–Crippen MR) is 176 cm³/mol. The molecule has 9 nitrogen and oxygen atoms in total. The molecule has 3 aliphatic carbocycles. The van der Waals surface area contributed by atoms with Gasteiger partial charge in [0.05, 0.1) is 23.7 Å². The van der Waals surface area contributed by atoms with E-state index in [1.54, 1.807) is 4.90 Å². The topological polar surface area (TPSA) is 104 Å². The first kappa shape index (κ1) is 33.1. The Labute approximate surface area is 275 Å². The second-order valence-corrected chi connectivity index (χ2v) is 15.5. The molecular weight excluding hydrogens is 579 g/mol. The van der Waals surface area contributed by atoms with E-state index in [9.17, 15) is 14.9 Å². The van der Waals surface area contributed by atoms with Crippen molar-refractivity contribution in [1.82, 2.24) is 15.1 Å². The summed E-state index contributed by atoms with van der Waals surface area (Å²) in [7, 11) is -0.590. The summed E-state index contributed by atoms with van der Waals surface area (Å²) in [4.78, 5) is 31.1. The van der Waals surface area contributed by atoms with Gasteiger partial charge in [-0.2, -0.15) is 5.26 Å². The summed E-state index contributed by atoms with van der Waals surface area (Å²) >= 11 is 0. The Hall–Kier alpha value is -2.87. The summed E-state index contributed by atoms with van der Waals surface area (Å²) in [5, 5.41) is 13.1. The third kappa shape index (κ3) is 6.35. The van der Waals surface area contributed by atoms with Crippen LogP contribution in [0, 0.1) is 28.6 Å². The average Bonchev–Trinajstić information content (AvgIpc) is 3.71. The highest BCUT2D eigenvalue weighted by molar-refractivity contribution is 6.47. The van der Waals surface area contributed by atoms with E-state index < -0.39 is 19.2 Å². The van der Waals surface area contributed by atoms with E-state index in [0.29, 0.717) is 31.2 Å². The van der Waals surface area contributed by atoms with Gasteiger partial charge in [0.25, 0.3) is 5.91 Å². The number of carbonyl (C=O) groups is 2. The van der Waals surface area contributed by atoms with Crippen molar-refractivity contribution in [2.24, 2.45) is 17.3 Å². The van der Waals surface area contributed by atoms with E-state index >= 15 is 0 Å². The number of amides is 2. The van der Waals surface area contributed by atoms with Gasteiger partial charge < -0.3 is 24.3 Å². The summed E-state index contributed by atoms with van der Waals surface area (Å²) in [5.41, 5.74) is 0.673. The maximum atomic E-state index is 13.7. The van der Waals surface area contributed by atoms with E-state index in [2.05, 4.69) is 50.9 Å². The van der Waals surface area contributed by atoms with E-state index in [0.717, 1.165) is 57.2 Å². The molecule has 46 heavy (non-hydrogen) atoms. The minimum atomic E-state index is -0.590. The molecule has 0 radical (unpaired) electrons. The first-order valence-corrected chi connectivity index (χ1v) is 17.4. The number of rotatable bonds is 9. The number of nitriles is 1. The zero-order valence-corrected chi connectivity index (χ0v) is 28.3. The zero-order chi connectivity index (χ0) is 32.7. The number of hydrogen-bond acceptors (Lipinski definition) is 7. The lowest BCUT2D eigenvalue weighted by Gasteiger charge is -2.64. The smallest absolute Gasteiger partial charge is 0.447 e. The van der Waals surface area contributed by atoms with E-state index in [-0.39, 0.29) is 46.8 Å². The summed E-state index contributed by atoms with van der Waals surface area (Å²) in [6, 6.07) is 11.9. The first-order chi connectivity index (χ1) is 21.9. The molecule has 3 heterocycles. The van der Waals surface area contributed by atoms with Crippen LogP contribution in [-0.2, 0) is 25.3 Å². The number of carbonyl (C=O) groups excluding carboxylic acids is 2. The van der Waals surface area contributed by atoms with Crippen molar-refractivity contribution in [3.8, 4) is 6.07 Å². The summed E-state index contributed by atoms with van der Waals surface area (Å²) < 4.78 is 19.1. The van der Waals surface area contributed by atoms with E-state index in [1.165, 1.54) is 0 Å². The molecule has 6 atom stereocenters. The van der Waals surface area contributed by atoms with Crippen LogP contribution in [0.5, 0.6) is 0 Å². The van der Waals surface area contributed by atoms with Gasteiger partial charge >= 0.3 is 13.2 Å². The highest BCUT2D eigenvalue weighted by atomic mass is 16.7. The molecular formula is C36H51BN4O5. The lowest BCUT2D eigenvalue weighted by molar-refractivity contribution is -0.199. The Morgan fingerprint density at radius 2 is 1.85 bits per heavy atom. The maximum absolute atomic E-state index is 13.7. The zero-order valence-electron chi connectivity index (χ0n) is 28.3. The average molecular weight is 631 g/mol. The summed E-state index contributed by atoms with van der Waals surface area (Å²) in [6.07, 6.45) is 8.70. The molecule has 3 saturated carbocycles. The Bertz CT molecular complexity index is 1360. The number of piperidine rings is 1. The van der Waals surface area contributed by atoms with Gasteiger partial charge in [-0.3, -0.25) is 9.69 Å². The van der Waals surface area contributed by atoms with Gasteiger partial charge in [-0.15, -0.1) is 0 Å². The van der Waals surface area contributed by atoms with Gasteiger partial charge in [-0.1, -0.05) is 44.2 Å². The molecule has 7 rings (SSSR count). The van der Waals surface area contributed by atoms with Crippen molar-refractivity contribution in [3.05, 3.63) is 47.5 Å². The lowest BCUT2D eigenvalue weighted by atomic mass is 9.43. The van der Waals surface area contributed by atoms with Gasteiger partial charge in [-0.25, -0.2) is 4.79 Å². The number of benzene rings is 1. The van der Waals surface area contributed by atoms with Crippen LogP contribution in [0.1, 0.15) is 85.1 Å². The number of likely N-dealkylation sites (tertiary alicyclic amines) is 2. The minimum Gasteiger partial charge on any atom is -0.447 e. The van der Waals surface area contributed by atoms with Gasteiger partial charge in [0, 0.05) is 12.1 Å². The Morgan fingerprint density at radius 3 is 2.54 bits per heavy atom. The number of nitrogens with one attached hydrogen (secondary N) is 1. The Kier molecular flexibility index (Phi) is 9.32. The lowest BCUT2D eigenvalue weighted by Crippen LogP contribution is -2.65. The van der Waals surface area contributed by atoms with E-state index in [4.69, 9.17) is 14.0 Å². The van der Waals surface area contributed by atoms with Gasteiger partial charge in [0.1, 0.15) is 18.2 Å². The Morgan fingerprint density at radius 1 is 1.13 bits per heavy atom. The van der Waals surface area contributed by atoms with Crippen LogP contribution in [0.3, 0.4) is 0 Å². The number of nitrogens with zero attached hydrogens (tertiary/aromatic N) is 3. The SMILES string of the molecule is CC1(C)[C@@H]2C[C@H]3OB(C(Cc4ccccc4)NC(=O)OC[C@H]4CCCCN4C(=O)C(C#N)=CC(C)(C)N4CCCC4)O[C@@]3(C)[C@H]1C2. The molecule has 3 saturated heterocycles. The molecule has 1 unspecified atom stereocenters. The fourth-order valence-corrected chi connectivity index (χ4v) is 9.00. The van der Waals surface area contributed by atoms with Gasteiger partial charge in [0.2, 0.25) is 0 Å². The van der Waals surface area contributed by atoms with Crippen LogP contribution >= 0.6 is 0 Å². The predicted octanol–water partition coefficient (Wildman–Crippen LogP) is 5.30. The van der Waals surface area contributed by atoms with Crippen LogP contribution in [0.25, 0.3) is 0 Å². The normalized spacial score (nSPS) is 31.4. The minimum absolute atomic E-state index is 0.00464. The molecule has 2 amide bonds. The van der Waals surface area contributed by atoms with Crippen molar-refractivity contribution >= 4 is 19.1 Å². The van der Waals surface area contributed by atoms with Crippen LogP contribution in [0.4, 0.5) is 4.79 Å². The fourth-order valence-electron chi connectivity index (χ4n) is 9.00. The van der Waals surface area contributed by atoms with Crippen molar-refractivity contribution in [3.63, 3.8) is 0 Å². The monoisotopic (exact) mass is 630 g/mol. The molecule has 10 heteroatoms. The molecule has 2 bridgehead atoms. The highest BCUT2D eigenvalue weighted by Gasteiger charge is 2.68. The van der Waals surface area contributed by atoms with Crippen molar-refractivity contribution in [1.29, 1.82) is 5.26 Å². The largest absolute Gasteiger partial charge is 0.482 e. The molecule has 6 fully saturated rings. The molecule has 6 aliphatic rings. The van der Waals surface area contributed by atoms with Crippen LogP contribution < -0.4 is 5.32 Å². The van der Waals surface area contributed by atoms with Crippen LogP contribution in [0.15, 0.2) is 42.0 Å². The molecule has 1 aromatic rings. The third-order valence-electron chi connectivity index (χ3n) is 12.0. The molecule has 0 aromatic heterocycles. The van der Waals surface area contributed by atoms with Gasteiger partial charge in [0.15, 0.2) is 0 Å². The Balaban J connectivity index is 1.11. The second-order valence-electron chi connectivity index (χ2n) is 15.5. The molecule has 0 spiro atoms. The number of alkyl carbamates (subject to hydrolysis) is 1. The first-order valence-electron chi connectivity index (χ1n) is 17.4. The fraction of sp³-hybridized carbons (Fsp3) is 0.694. The maximum Gasteiger partial charge on any atom is 0.482 e. The van der Waals surface area contributed by atoms with Crippen LogP contribution in [0.2, 0.25) is 0 Å². The van der Waals surface area contributed by atoms with Crippen molar-refractivity contribution in [2.45, 2.75) is 115 Å². The quantitative estimate of drug-likeness (QED) is 0.225. The standard InChI is InChI=1S/C36H51BN4O5/c1-34(2,40-16-11-12-17-40)22-26(23-38)32(42)41-18-10-9-15-28(41)24-44-33(43)39-31(19-25-13-7-6-8-14-25)37-45-30-21-27-20-29(35(27,3)4)36(30,5)46-37/h6-8,13-14,22,27-31H,9-12,15-21,24H2,1-5H3,(H,39,43)/t27-,28+,29-,30+,31?,36-/m0/s1. The molecule has 1 aromatic carbocycles. The van der Waals surface area contributed by atoms with Crippen molar-refractivity contribution < 1.29 is 23.6 Å². The molecule has 248 valence electrons. The third-order valence-corrected chi connectivity index (χ3v) is 12.0. The summed E-state index contributed by atoms with van der Waals surface area (Å²) in [5.74, 6) is 0.325. The molecule has 1 N–H and O–H groups in total. The van der Waals surface area contributed by atoms with Gasteiger partial charge in [-0.05, 0) is 114 Å². The summed E-state index contributed by atoms with van der Waals surface area (Å²) in [6.45, 7) is 13.5. The number of hydrogen-bond donors (Lipinski definition) is 1. The van der Waals surface area contributed by atoms with Crippen LogP contribution in [-0.4, -0.2) is 84.4 Å². The highest BCUT2D eigenvalue weighted by Crippen LogP contribution is 2.65. The van der Waals surface area contributed by atoms with E-state index in [1.807, 2.05) is 36.4 Å². The number of ether oxygens (including phenoxy) is 1. The molecule has 3 aliphatic heterocycles. The van der Waals surface area contributed by atoms with Crippen molar-refractivity contribution in [2.75, 3.05) is 26.2 Å².